The SMILES string of the molecule is CN(C)C1CCN(c2ccc(C(=O)/C=C/c3ccc(/C=C/C(=O)NO)cc3)cc2)CC1. The summed E-state index contributed by atoms with van der Waals surface area (Å²) in [4.78, 5) is 28.2. The van der Waals surface area contributed by atoms with E-state index in [4.69, 9.17) is 5.21 Å². The fourth-order valence-corrected chi connectivity index (χ4v) is 3.67. The van der Waals surface area contributed by atoms with Gasteiger partial charge in [-0.05, 0) is 74.5 Å². The van der Waals surface area contributed by atoms with E-state index in [1.165, 1.54) is 6.08 Å². The van der Waals surface area contributed by atoms with Gasteiger partial charge in [0.1, 0.15) is 0 Å². The molecule has 31 heavy (non-hydrogen) atoms. The van der Waals surface area contributed by atoms with E-state index in [1.807, 2.05) is 48.5 Å². The summed E-state index contributed by atoms with van der Waals surface area (Å²) in [7, 11) is 4.28. The van der Waals surface area contributed by atoms with Crippen molar-refractivity contribution in [3.63, 3.8) is 0 Å². The van der Waals surface area contributed by atoms with Crippen LogP contribution in [-0.2, 0) is 4.79 Å². The highest BCUT2D eigenvalue weighted by Gasteiger charge is 2.20. The third-order valence-corrected chi connectivity index (χ3v) is 5.61. The van der Waals surface area contributed by atoms with Crippen LogP contribution in [0, 0.1) is 0 Å². The van der Waals surface area contributed by atoms with Gasteiger partial charge in [0.15, 0.2) is 5.78 Å². The number of ketones is 1. The molecule has 0 aliphatic carbocycles. The van der Waals surface area contributed by atoms with Crippen molar-refractivity contribution in [2.45, 2.75) is 18.9 Å². The number of nitrogens with one attached hydrogen (secondary N) is 1. The number of amides is 1. The van der Waals surface area contributed by atoms with E-state index in [0.29, 0.717) is 11.6 Å². The van der Waals surface area contributed by atoms with Crippen molar-refractivity contribution >= 4 is 29.5 Å². The molecule has 0 bridgehead atoms. The van der Waals surface area contributed by atoms with Crippen molar-refractivity contribution in [1.29, 1.82) is 0 Å². The van der Waals surface area contributed by atoms with Crippen molar-refractivity contribution in [3.05, 3.63) is 77.4 Å². The molecule has 0 aromatic heterocycles. The van der Waals surface area contributed by atoms with E-state index in [2.05, 4.69) is 23.9 Å². The van der Waals surface area contributed by atoms with E-state index in [-0.39, 0.29) is 5.78 Å². The van der Waals surface area contributed by atoms with Crippen LogP contribution in [0.2, 0.25) is 0 Å². The van der Waals surface area contributed by atoms with Gasteiger partial charge in [-0.15, -0.1) is 0 Å². The summed E-state index contributed by atoms with van der Waals surface area (Å²) in [6.45, 7) is 2.07. The number of carbonyl (C=O) groups is 2. The molecule has 2 aromatic carbocycles. The third kappa shape index (κ3) is 6.38. The molecule has 1 amide bonds. The molecular weight excluding hydrogens is 390 g/mol. The van der Waals surface area contributed by atoms with Crippen molar-refractivity contribution in [2.24, 2.45) is 0 Å². The summed E-state index contributed by atoms with van der Waals surface area (Å²) in [5, 5.41) is 8.49. The number of benzene rings is 2. The number of piperidine rings is 1. The number of allylic oxidation sites excluding steroid dienone is 1. The minimum atomic E-state index is -0.585. The fraction of sp³-hybridized carbons (Fsp3) is 0.280. The lowest BCUT2D eigenvalue weighted by Gasteiger charge is -2.36. The second-order valence-corrected chi connectivity index (χ2v) is 7.90. The molecule has 1 heterocycles. The van der Waals surface area contributed by atoms with Gasteiger partial charge in [0.05, 0.1) is 0 Å². The van der Waals surface area contributed by atoms with E-state index in [0.717, 1.165) is 42.7 Å². The van der Waals surface area contributed by atoms with Crippen LogP contribution < -0.4 is 10.4 Å². The van der Waals surface area contributed by atoms with E-state index >= 15 is 0 Å². The van der Waals surface area contributed by atoms with E-state index in [1.54, 1.807) is 23.7 Å². The second kappa shape index (κ2) is 10.7. The van der Waals surface area contributed by atoms with E-state index < -0.39 is 5.91 Å². The van der Waals surface area contributed by atoms with Crippen LogP contribution in [0.25, 0.3) is 12.2 Å². The highest BCUT2D eigenvalue weighted by Crippen LogP contribution is 2.22. The Balaban J connectivity index is 1.56. The van der Waals surface area contributed by atoms with Gasteiger partial charge < -0.3 is 9.80 Å². The molecular formula is C25H29N3O3. The third-order valence-electron chi connectivity index (χ3n) is 5.61. The second-order valence-electron chi connectivity index (χ2n) is 7.90. The van der Waals surface area contributed by atoms with Crippen LogP contribution in [0.5, 0.6) is 0 Å². The Morgan fingerprint density at radius 2 is 1.48 bits per heavy atom. The predicted octanol–water partition coefficient (Wildman–Crippen LogP) is 3.63. The summed E-state index contributed by atoms with van der Waals surface area (Å²) in [5.41, 5.74) is 5.08. The predicted molar refractivity (Wildman–Crippen MR) is 124 cm³/mol. The van der Waals surface area contributed by atoms with Crippen molar-refractivity contribution < 1.29 is 14.8 Å². The van der Waals surface area contributed by atoms with Gasteiger partial charge in [-0.3, -0.25) is 14.8 Å². The van der Waals surface area contributed by atoms with Gasteiger partial charge >= 0.3 is 0 Å². The van der Waals surface area contributed by atoms with Crippen molar-refractivity contribution in [1.82, 2.24) is 10.4 Å². The summed E-state index contributed by atoms with van der Waals surface area (Å²) in [6, 6.07) is 15.9. The first-order valence-corrected chi connectivity index (χ1v) is 10.4. The molecule has 0 radical (unpaired) electrons. The molecule has 2 aromatic rings. The van der Waals surface area contributed by atoms with Crippen molar-refractivity contribution in [3.8, 4) is 0 Å². The van der Waals surface area contributed by atoms with Crippen LogP contribution >= 0.6 is 0 Å². The van der Waals surface area contributed by atoms with Crippen LogP contribution in [0.15, 0.2) is 60.7 Å². The molecule has 2 N–H and O–H groups in total. The molecule has 1 aliphatic rings. The van der Waals surface area contributed by atoms with Crippen molar-refractivity contribution in [2.75, 3.05) is 32.1 Å². The molecule has 0 unspecified atom stereocenters. The molecule has 0 spiro atoms. The maximum atomic E-state index is 12.5. The Morgan fingerprint density at radius 1 is 0.935 bits per heavy atom. The highest BCUT2D eigenvalue weighted by molar-refractivity contribution is 6.07. The summed E-state index contributed by atoms with van der Waals surface area (Å²) in [5.74, 6) is -0.625. The Labute approximate surface area is 183 Å². The Morgan fingerprint density at radius 3 is 2.00 bits per heavy atom. The summed E-state index contributed by atoms with van der Waals surface area (Å²) in [6.07, 6.45) is 8.48. The van der Waals surface area contributed by atoms with Gasteiger partial charge in [0, 0.05) is 36.5 Å². The van der Waals surface area contributed by atoms with Gasteiger partial charge in [0.25, 0.3) is 5.91 Å². The highest BCUT2D eigenvalue weighted by atomic mass is 16.5. The summed E-state index contributed by atoms with van der Waals surface area (Å²) < 4.78 is 0. The van der Waals surface area contributed by atoms with Crippen LogP contribution in [0.4, 0.5) is 5.69 Å². The standard InChI is InChI=1S/C25H29N3O3/c1-27(2)22-15-17-28(18-16-22)23-11-9-21(10-12-23)24(29)13-7-19-3-5-20(6-4-19)8-14-25(30)26-31/h3-14,22,31H,15-18H2,1-2H3,(H,26,30)/b13-7+,14-8+. The molecule has 1 fully saturated rings. The van der Waals surface area contributed by atoms with Crippen LogP contribution in [-0.4, -0.2) is 55.0 Å². The number of carbonyl (C=O) groups excluding carboxylic acids is 2. The zero-order chi connectivity index (χ0) is 22.2. The number of anilines is 1. The molecule has 3 rings (SSSR count). The molecule has 0 atom stereocenters. The van der Waals surface area contributed by atoms with E-state index in [9.17, 15) is 9.59 Å². The minimum Gasteiger partial charge on any atom is -0.371 e. The van der Waals surface area contributed by atoms with Crippen LogP contribution in [0.3, 0.4) is 0 Å². The quantitative estimate of drug-likeness (QED) is 0.310. The molecule has 162 valence electrons. The normalized spacial score (nSPS) is 15.2. The molecule has 6 heteroatoms. The average Bonchev–Trinajstić information content (AvgIpc) is 2.81. The zero-order valence-corrected chi connectivity index (χ0v) is 18.0. The van der Waals surface area contributed by atoms with Gasteiger partial charge in [0.2, 0.25) is 0 Å². The van der Waals surface area contributed by atoms with Gasteiger partial charge in [-0.1, -0.05) is 30.3 Å². The van der Waals surface area contributed by atoms with Gasteiger partial charge in [-0.2, -0.15) is 0 Å². The zero-order valence-electron chi connectivity index (χ0n) is 18.0. The maximum absolute atomic E-state index is 12.5. The summed E-state index contributed by atoms with van der Waals surface area (Å²) >= 11 is 0. The Kier molecular flexibility index (Phi) is 7.76. The molecule has 1 aliphatic heterocycles. The number of hydrogen-bond acceptors (Lipinski definition) is 5. The first-order valence-electron chi connectivity index (χ1n) is 10.4. The molecule has 6 nitrogen and oxygen atoms in total. The number of rotatable bonds is 7. The number of hydrogen-bond donors (Lipinski definition) is 2. The minimum absolute atomic E-state index is 0.0403. The monoisotopic (exact) mass is 419 g/mol. The largest absolute Gasteiger partial charge is 0.371 e. The van der Waals surface area contributed by atoms with Crippen LogP contribution in [0.1, 0.15) is 34.3 Å². The molecule has 0 saturated carbocycles. The topological polar surface area (TPSA) is 72.9 Å². The van der Waals surface area contributed by atoms with Gasteiger partial charge in [-0.25, -0.2) is 5.48 Å². The lowest BCUT2D eigenvalue weighted by atomic mass is 10.0. The Hall–Kier alpha value is -3.22. The molecule has 1 saturated heterocycles. The first kappa shape index (κ1) is 22.5. The Bertz CT molecular complexity index is 939. The number of nitrogens with zero attached hydrogens (tertiary/aromatic N) is 2. The maximum Gasteiger partial charge on any atom is 0.267 e. The lowest BCUT2D eigenvalue weighted by Crippen LogP contribution is -2.41. The number of hydroxylamine groups is 1. The lowest BCUT2D eigenvalue weighted by molar-refractivity contribution is -0.124. The first-order chi connectivity index (χ1) is 15.0. The fourth-order valence-electron chi connectivity index (χ4n) is 3.67. The average molecular weight is 420 g/mol. The smallest absolute Gasteiger partial charge is 0.267 e.